The van der Waals surface area contributed by atoms with E-state index in [4.69, 9.17) is 10.8 Å². The first-order valence-corrected chi connectivity index (χ1v) is 11.6. The first kappa shape index (κ1) is 28.3. The van der Waals surface area contributed by atoms with Crippen LogP contribution in [-0.4, -0.2) is 75.5 Å². The highest BCUT2D eigenvalue weighted by Crippen LogP contribution is 2.22. The van der Waals surface area contributed by atoms with Crippen molar-refractivity contribution in [1.82, 2.24) is 15.5 Å². The molecule has 1 fully saturated rings. The number of aliphatic carboxylic acids is 2. The molecule has 0 aromatic rings. The SMILES string of the molecule is CCC(C)C(NC(=O)C1CCCN1C(=O)C(NC(=O)C(N)CCC(=O)O)C(C)CC)C(=O)O. The normalized spacial score (nSPS) is 20.3. The molecular formula is C22H38N4O7. The molecule has 33 heavy (non-hydrogen) atoms. The number of carbonyl (C=O) groups is 5. The molecule has 188 valence electrons. The van der Waals surface area contributed by atoms with Gasteiger partial charge in [0.15, 0.2) is 0 Å². The zero-order chi connectivity index (χ0) is 25.3. The van der Waals surface area contributed by atoms with Crippen LogP contribution in [0.3, 0.4) is 0 Å². The molecule has 6 atom stereocenters. The van der Waals surface area contributed by atoms with Gasteiger partial charge in [-0.2, -0.15) is 0 Å². The van der Waals surface area contributed by atoms with Crippen LogP contribution in [0.4, 0.5) is 0 Å². The minimum Gasteiger partial charge on any atom is -0.481 e. The average molecular weight is 471 g/mol. The van der Waals surface area contributed by atoms with Gasteiger partial charge in [-0.1, -0.05) is 40.5 Å². The van der Waals surface area contributed by atoms with Crippen LogP contribution in [0.15, 0.2) is 0 Å². The summed E-state index contributed by atoms with van der Waals surface area (Å²) in [6.07, 6.45) is 1.76. The maximum absolute atomic E-state index is 13.4. The van der Waals surface area contributed by atoms with Gasteiger partial charge in [0.05, 0.1) is 6.04 Å². The molecule has 6 unspecified atom stereocenters. The number of carboxylic acids is 2. The van der Waals surface area contributed by atoms with Gasteiger partial charge in [0, 0.05) is 13.0 Å². The smallest absolute Gasteiger partial charge is 0.326 e. The number of amides is 3. The molecule has 3 amide bonds. The molecule has 0 aromatic heterocycles. The Morgan fingerprint density at radius 2 is 1.58 bits per heavy atom. The molecule has 1 aliphatic heterocycles. The van der Waals surface area contributed by atoms with Gasteiger partial charge in [-0.15, -0.1) is 0 Å². The van der Waals surface area contributed by atoms with E-state index in [-0.39, 0.29) is 24.7 Å². The van der Waals surface area contributed by atoms with Gasteiger partial charge in [-0.25, -0.2) is 4.79 Å². The molecule has 0 saturated carbocycles. The number of hydrogen-bond acceptors (Lipinski definition) is 6. The summed E-state index contributed by atoms with van der Waals surface area (Å²) in [5, 5.41) is 23.5. The van der Waals surface area contributed by atoms with Crippen molar-refractivity contribution in [2.45, 2.75) is 90.4 Å². The lowest BCUT2D eigenvalue weighted by atomic mass is 9.96. The fourth-order valence-corrected chi connectivity index (χ4v) is 3.77. The second kappa shape index (κ2) is 13.1. The second-order valence-electron chi connectivity index (χ2n) is 8.81. The highest BCUT2D eigenvalue weighted by atomic mass is 16.4. The van der Waals surface area contributed by atoms with Crippen LogP contribution >= 0.6 is 0 Å². The largest absolute Gasteiger partial charge is 0.481 e. The summed E-state index contributed by atoms with van der Waals surface area (Å²) in [5.74, 6) is -4.33. The van der Waals surface area contributed by atoms with E-state index in [1.165, 1.54) is 4.90 Å². The van der Waals surface area contributed by atoms with E-state index in [9.17, 15) is 29.1 Å². The molecule has 11 heteroatoms. The van der Waals surface area contributed by atoms with Crippen molar-refractivity contribution in [2.24, 2.45) is 17.6 Å². The molecule has 0 spiro atoms. The Labute approximate surface area is 194 Å². The topological polar surface area (TPSA) is 179 Å². The summed E-state index contributed by atoms with van der Waals surface area (Å²) in [6.45, 7) is 7.53. The number of carboxylic acid groups (broad SMARTS) is 2. The van der Waals surface area contributed by atoms with Gasteiger partial charge in [0.2, 0.25) is 17.7 Å². The molecule has 0 aliphatic carbocycles. The summed E-state index contributed by atoms with van der Waals surface area (Å²) in [6, 6.07) is -3.90. The Morgan fingerprint density at radius 1 is 1.00 bits per heavy atom. The highest BCUT2D eigenvalue weighted by molar-refractivity contribution is 5.94. The van der Waals surface area contributed by atoms with Crippen LogP contribution in [-0.2, 0) is 24.0 Å². The second-order valence-corrected chi connectivity index (χ2v) is 8.81. The lowest BCUT2D eigenvalue weighted by Crippen LogP contribution is -2.58. The van der Waals surface area contributed by atoms with Gasteiger partial charge in [-0.05, 0) is 31.1 Å². The van der Waals surface area contributed by atoms with Crippen LogP contribution in [0, 0.1) is 11.8 Å². The van der Waals surface area contributed by atoms with Crippen molar-refractivity contribution < 1.29 is 34.2 Å². The summed E-state index contributed by atoms with van der Waals surface area (Å²) < 4.78 is 0. The zero-order valence-corrected chi connectivity index (χ0v) is 19.9. The lowest BCUT2D eigenvalue weighted by Gasteiger charge is -2.32. The van der Waals surface area contributed by atoms with Crippen LogP contribution in [0.2, 0.25) is 0 Å². The molecule has 1 saturated heterocycles. The number of nitrogens with zero attached hydrogens (tertiary/aromatic N) is 1. The molecule has 1 rings (SSSR count). The number of nitrogens with two attached hydrogens (primary N) is 1. The van der Waals surface area contributed by atoms with E-state index in [0.717, 1.165) is 0 Å². The van der Waals surface area contributed by atoms with Crippen molar-refractivity contribution in [3.05, 3.63) is 0 Å². The van der Waals surface area contributed by atoms with Crippen molar-refractivity contribution in [3.8, 4) is 0 Å². The van der Waals surface area contributed by atoms with Gasteiger partial charge in [0.25, 0.3) is 0 Å². The number of rotatable bonds is 13. The summed E-state index contributed by atoms with van der Waals surface area (Å²) in [7, 11) is 0. The van der Waals surface area contributed by atoms with E-state index in [0.29, 0.717) is 32.2 Å². The maximum atomic E-state index is 13.4. The summed E-state index contributed by atoms with van der Waals surface area (Å²) >= 11 is 0. The van der Waals surface area contributed by atoms with Gasteiger partial charge < -0.3 is 31.5 Å². The highest BCUT2D eigenvalue weighted by Gasteiger charge is 2.40. The molecule has 0 aromatic carbocycles. The van der Waals surface area contributed by atoms with Crippen molar-refractivity contribution in [1.29, 1.82) is 0 Å². The molecular weight excluding hydrogens is 432 g/mol. The molecule has 0 bridgehead atoms. The summed E-state index contributed by atoms with van der Waals surface area (Å²) in [5.41, 5.74) is 5.79. The molecule has 0 radical (unpaired) electrons. The summed E-state index contributed by atoms with van der Waals surface area (Å²) in [4.78, 5) is 62.5. The first-order valence-electron chi connectivity index (χ1n) is 11.6. The van der Waals surface area contributed by atoms with Crippen molar-refractivity contribution >= 4 is 29.7 Å². The minimum absolute atomic E-state index is 0.0660. The quantitative estimate of drug-likeness (QED) is 0.255. The third-order valence-electron chi connectivity index (χ3n) is 6.40. The molecule has 1 heterocycles. The van der Waals surface area contributed by atoms with E-state index < -0.39 is 53.8 Å². The molecule has 11 nitrogen and oxygen atoms in total. The minimum atomic E-state index is -1.13. The van der Waals surface area contributed by atoms with E-state index >= 15 is 0 Å². The Hall–Kier alpha value is -2.69. The predicted octanol–water partition coefficient (Wildman–Crippen LogP) is 0.316. The molecule has 1 aliphatic rings. The van der Waals surface area contributed by atoms with Crippen LogP contribution in [0.5, 0.6) is 0 Å². The van der Waals surface area contributed by atoms with Gasteiger partial charge in [-0.3, -0.25) is 19.2 Å². The predicted molar refractivity (Wildman–Crippen MR) is 120 cm³/mol. The van der Waals surface area contributed by atoms with Crippen molar-refractivity contribution in [3.63, 3.8) is 0 Å². The average Bonchev–Trinajstić information content (AvgIpc) is 3.27. The van der Waals surface area contributed by atoms with Crippen LogP contribution in [0.25, 0.3) is 0 Å². The Bertz CT molecular complexity index is 730. The molecule has 6 N–H and O–H groups in total. The third-order valence-corrected chi connectivity index (χ3v) is 6.40. The first-order chi connectivity index (χ1) is 15.4. The number of carbonyl (C=O) groups excluding carboxylic acids is 3. The Kier molecular flexibility index (Phi) is 11.3. The zero-order valence-electron chi connectivity index (χ0n) is 19.9. The monoisotopic (exact) mass is 470 g/mol. The Balaban J connectivity index is 2.98. The van der Waals surface area contributed by atoms with Crippen LogP contribution in [0.1, 0.15) is 66.2 Å². The fourth-order valence-electron chi connectivity index (χ4n) is 3.77. The maximum Gasteiger partial charge on any atom is 0.326 e. The number of likely N-dealkylation sites (tertiary alicyclic amines) is 1. The number of hydrogen-bond donors (Lipinski definition) is 5. The number of nitrogens with one attached hydrogen (secondary N) is 2. The van der Waals surface area contributed by atoms with E-state index in [1.807, 2.05) is 13.8 Å². The van der Waals surface area contributed by atoms with Gasteiger partial charge >= 0.3 is 11.9 Å². The van der Waals surface area contributed by atoms with E-state index in [2.05, 4.69) is 10.6 Å². The Morgan fingerprint density at radius 3 is 2.09 bits per heavy atom. The third kappa shape index (κ3) is 7.99. The van der Waals surface area contributed by atoms with Crippen LogP contribution < -0.4 is 16.4 Å². The van der Waals surface area contributed by atoms with E-state index in [1.54, 1.807) is 13.8 Å². The van der Waals surface area contributed by atoms with Crippen molar-refractivity contribution in [2.75, 3.05) is 6.54 Å². The standard InChI is InChI=1S/C22H38N4O7/c1-5-12(3)17(24-19(29)14(23)9-10-16(27)28)21(31)26-11-7-8-15(26)20(30)25-18(22(32)33)13(4)6-2/h12-15,17-18H,5-11,23H2,1-4H3,(H,24,29)(H,25,30)(H,27,28)(H,32,33). The lowest BCUT2D eigenvalue weighted by molar-refractivity contribution is -0.146. The van der Waals surface area contributed by atoms with Gasteiger partial charge in [0.1, 0.15) is 18.1 Å². The fraction of sp³-hybridized carbons (Fsp3) is 0.773.